The standard InChI is InChI=1S/C35H44N4O7/c1-2-28(33(42)43)38-35(46)39-29(34(44)45)18-10-11-19-36-32(41)30(37-31(40)22-12-4-3-5-13-22)21-27-25-16-8-6-14-23(25)20-24-15-7-9-17-26(24)27/h6-9,14-17,20,22,28-30H,2-5,10-13,18-19,21H2,1H3,(H,36,41)(H,37,40)(H,42,43)(H,44,45)(H2,38,39,46)/t28-,29-,30-/m0/s1. The van der Waals surface area contributed by atoms with Crippen molar-refractivity contribution in [1.29, 1.82) is 0 Å². The number of rotatable bonds is 15. The minimum atomic E-state index is -1.24. The smallest absolute Gasteiger partial charge is 0.326 e. The van der Waals surface area contributed by atoms with Crippen LogP contribution in [0.15, 0.2) is 54.6 Å². The van der Waals surface area contributed by atoms with E-state index in [9.17, 15) is 29.1 Å². The predicted molar refractivity (Wildman–Crippen MR) is 175 cm³/mol. The molecule has 0 heterocycles. The van der Waals surface area contributed by atoms with Crippen LogP contribution in [0.2, 0.25) is 0 Å². The summed E-state index contributed by atoms with van der Waals surface area (Å²) in [5.74, 6) is -2.98. The number of carboxylic acids is 2. The number of aliphatic carboxylic acids is 2. The molecule has 11 heteroatoms. The van der Waals surface area contributed by atoms with Crippen LogP contribution in [-0.4, -0.2) is 64.7 Å². The highest BCUT2D eigenvalue weighted by molar-refractivity contribution is 6.03. The van der Waals surface area contributed by atoms with Gasteiger partial charge in [-0.25, -0.2) is 14.4 Å². The van der Waals surface area contributed by atoms with Gasteiger partial charge in [0.05, 0.1) is 0 Å². The van der Waals surface area contributed by atoms with Crippen molar-refractivity contribution in [2.24, 2.45) is 5.92 Å². The molecule has 0 saturated heterocycles. The minimum Gasteiger partial charge on any atom is -0.480 e. The van der Waals surface area contributed by atoms with Crippen molar-refractivity contribution < 1.29 is 34.2 Å². The van der Waals surface area contributed by atoms with Crippen LogP contribution >= 0.6 is 0 Å². The summed E-state index contributed by atoms with van der Waals surface area (Å²) in [4.78, 5) is 62.0. The van der Waals surface area contributed by atoms with Gasteiger partial charge in [0.25, 0.3) is 0 Å². The summed E-state index contributed by atoms with van der Waals surface area (Å²) in [6, 6.07) is 14.1. The fraction of sp³-hybridized carbons (Fsp3) is 0.457. The van der Waals surface area contributed by atoms with E-state index >= 15 is 0 Å². The quantitative estimate of drug-likeness (QED) is 0.106. The maximum Gasteiger partial charge on any atom is 0.326 e. The molecule has 3 aromatic rings. The van der Waals surface area contributed by atoms with Crippen molar-refractivity contribution in [1.82, 2.24) is 21.3 Å². The molecule has 0 bridgehead atoms. The molecular weight excluding hydrogens is 588 g/mol. The lowest BCUT2D eigenvalue weighted by atomic mass is 9.88. The lowest BCUT2D eigenvalue weighted by Crippen LogP contribution is -2.51. The average Bonchev–Trinajstić information content (AvgIpc) is 3.05. The minimum absolute atomic E-state index is 0.0896. The summed E-state index contributed by atoms with van der Waals surface area (Å²) in [6.07, 6.45) is 6.08. The lowest BCUT2D eigenvalue weighted by molar-refractivity contribution is -0.139. The van der Waals surface area contributed by atoms with Gasteiger partial charge in [-0.1, -0.05) is 74.7 Å². The molecule has 6 N–H and O–H groups in total. The maximum atomic E-state index is 13.6. The molecule has 11 nitrogen and oxygen atoms in total. The number of nitrogens with one attached hydrogen (secondary N) is 4. The topological polar surface area (TPSA) is 174 Å². The van der Waals surface area contributed by atoms with E-state index in [4.69, 9.17) is 5.11 Å². The number of fused-ring (bicyclic) bond motifs is 2. The third kappa shape index (κ3) is 9.18. The van der Waals surface area contributed by atoms with Crippen LogP contribution in [0.4, 0.5) is 4.79 Å². The molecule has 246 valence electrons. The van der Waals surface area contributed by atoms with Gasteiger partial charge in [0.15, 0.2) is 0 Å². The number of carbonyl (C=O) groups excluding carboxylic acids is 3. The van der Waals surface area contributed by atoms with E-state index in [1.807, 2.05) is 48.5 Å². The number of hydrogen-bond acceptors (Lipinski definition) is 5. The number of carbonyl (C=O) groups is 5. The highest BCUT2D eigenvalue weighted by Crippen LogP contribution is 2.30. The fourth-order valence-corrected chi connectivity index (χ4v) is 6.16. The van der Waals surface area contributed by atoms with E-state index in [2.05, 4.69) is 27.3 Å². The third-order valence-corrected chi connectivity index (χ3v) is 8.73. The van der Waals surface area contributed by atoms with Crippen molar-refractivity contribution in [3.8, 4) is 0 Å². The Morgan fingerprint density at radius 2 is 1.35 bits per heavy atom. The van der Waals surface area contributed by atoms with Crippen molar-refractivity contribution in [2.75, 3.05) is 6.54 Å². The van der Waals surface area contributed by atoms with Crippen LogP contribution in [0.25, 0.3) is 21.5 Å². The van der Waals surface area contributed by atoms with Gasteiger partial charge in [0.1, 0.15) is 18.1 Å². The molecule has 0 aromatic heterocycles. The Morgan fingerprint density at radius 1 is 0.761 bits per heavy atom. The first-order chi connectivity index (χ1) is 22.2. The van der Waals surface area contributed by atoms with Gasteiger partial charge < -0.3 is 31.5 Å². The lowest BCUT2D eigenvalue weighted by Gasteiger charge is -2.25. The molecule has 0 spiro atoms. The number of urea groups is 1. The van der Waals surface area contributed by atoms with Gasteiger partial charge in [0.2, 0.25) is 11.8 Å². The van der Waals surface area contributed by atoms with Crippen LogP contribution in [0.3, 0.4) is 0 Å². The molecule has 1 saturated carbocycles. The van der Waals surface area contributed by atoms with E-state index in [1.54, 1.807) is 6.92 Å². The van der Waals surface area contributed by atoms with E-state index in [1.165, 1.54) is 0 Å². The highest BCUT2D eigenvalue weighted by Gasteiger charge is 2.28. The van der Waals surface area contributed by atoms with Crippen LogP contribution < -0.4 is 21.3 Å². The summed E-state index contributed by atoms with van der Waals surface area (Å²) < 4.78 is 0. The average molecular weight is 633 g/mol. The van der Waals surface area contributed by atoms with E-state index in [0.717, 1.165) is 59.2 Å². The van der Waals surface area contributed by atoms with Gasteiger partial charge >= 0.3 is 18.0 Å². The molecule has 4 amide bonds. The molecule has 1 aliphatic carbocycles. The zero-order valence-corrected chi connectivity index (χ0v) is 26.2. The summed E-state index contributed by atoms with van der Waals surface area (Å²) in [7, 11) is 0. The van der Waals surface area contributed by atoms with Crippen LogP contribution in [0.1, 0.15) is 70.3 Å². The molecule has 46 heavy (non-hydrogen) atoms. The molecule has 3 atom stereocenters. The Morgan fingerprint density at radius 3 is 1.93 bits per heavy atom. The van der Waals surface area contributed by atoms with E-state index in [-0.39, 0.29) is 37.1 Å². The number of hydrogen-bond donors (Lipinski definition) is 6. The van der Waals surface area contributed by atoms with Crippen molar-refractivity contribution >= 4 is 51.3 Å². The summed E-state index contributed by atoms with van der Waals surface area (Å²) in [5.41, 5.74) is 0.986. The first kappa shape index (κ1) is 34.2. The summed E-state index contributed by atoms with van der Waals surface area (Å²) in [5, 5.41) is 33.4. The zero-order valence-electron chi connectivity index (χ0n) is 26.2. The van der Waals surface area contributed by atoms with E-state index in [0.29, 0.717) is 19.3 Å². The Labute approximate surface area is 268 Å². The normalized spacial score (nSPS) is 15.4. The number of amides is 4. The van der Waals surface area contributed by atoms with Crippen LogP contribution in [0.5, 0.6) is 0 Å². The molecule has 1 aliphatic rings. The van der Waals surface area contributed by atoms with Gasteiger partial charge in [-0.3, -0.25) is 9.59 Å². The van der Waals surface area contributed by atoms with E-state index < -0.39 is 36.1 Å². The van der Waals surface area contributed by atoms with Crippen molar-refractivity contribution in [2.45, 2.75) is 89.3 Å². The second-order valence-electron chi connectivity index (χ2n) is 12.0. The molecule has 4 rings (SSSR count). The molecule has 0 unspecified atom stereocenters. The summed E-state index contributed by atoms with van der Waals surface area (Å²) >= 11 is 0. The first-order valence-electron chi connectivity index (χ1n) is 16.2. The third-order valence-electron chi connectivity index (χ3n) is 8.73. The molecule has 0 radical (unpaired) electrons. The second-order valence-corrected chi connectivity index (χ2v) is 12.0. The number of carboxylic acid groups (broad SMARTS) is 2. The molecule has 1 fully saturated rings. The molecule has 3 aromatic carbocycles. The maximum absolute atomic E-state index is 13.6. The second kappa shape index (κ2) is 16.6. The van der Waals surface area contributed by atoms with Gasteiger partial charge in [-0.15, -0.1) is 0 Å². The molecule has 0 aliphatic heterocycles. The monoisotopic (exact) mass is 632 g/mol. The van der Waals surface area contributed by atoms with Gasteiger partial charge in [-0.2, -0.15) is 0 Å². The molecular formula is C35H44N4O7. The zero-order chi connectivity index (χ0) is 33.1. The fourth-order valence-electron chi connectivity index (χ4n) is 6.16. The highest BCUT2D eigenvalue weighted by atomic mass is 16.4. The SMILES string of the molecule is CC[C@H](NC(=O)N[C@@H](CCCCNC(=O)[C@H](Cc1c2ccccc2cc2ccccc12)NC(=O)C1CCCCC1)C(=O)O)C(=O)O. The Kier molecular flexibility index (Phi) is 12.3. The number of unbranched alkanes of at least 4 members (excludes halogenated alkanes) is 1. The Hall–Kier alpha value is -4.67. The van der Waals surface area contributed by atoms with Crippen molar-refractivity contribution in [3.63, 3.8) is 0 Å². The Balaban J connectivity index is 1.41. The largest absolute Gasteiger partial charge is 0.480 e. The predicted octanol–water partition coefficient (Wildman–Crippen LogP) is 4.50. The van der Waals surface area contributed by atoms with Gasteiger partial charge in [-0.05, 0) is 71.7 Å². The van der Waals surface area contributed by atoms with Crippen LogP contribution in [-0.2, 0) is 25.6 Å². The van der Waals surface area contributed by atoms with Gasteiger partial charge in [0, 0.05) is 18.9 Å². The van der Waals surface area contributed by atoms with Crippen molar-refractivity contribution in [3.05, 3.63) is 60.2 Å². The number of benzene rings is 3. The first-order valence-corrected chi connectivity index (χ1v) is 16.2. The Bertz CT molecular complexity index is 1500. The summed E-state index contributed by atoms with van der Waals surface area (Å²) in [6.45, 7) is 1.85. The van der Waals surface area contributed by atoms with Crippen LogP contribution in [0, 0.1) is 5.92 Å².